The van der Waals surface area contributed by atoms with Gasteiger partial charge in [-0.05, 0) is 44.4 Å². The molecule has 4 nitrogen and oxygen atoms in total. The number of nitrogens with one attached hydrogen (secondary N) is 1. The zero-order chi connectivity index (χ0) is 15.5. The average Bonchev–Trinajstić information content (AvgIpc) is 2.50. The van der Waals surface area contributed by atoms with Crippen LogP contribution in [0.2, 0.25) is 0 Å². The van der Waals surface area contributed by atoms with Crippen molar-refractivity contribution in [2.75, 3.05) is 6.54 Å². The van der Waals surface area contributed by atoms with Gasteiger partial charge in [0.2, 0.25) is 11.8 Å². The SMILES string of the molecule is CCCC1CCC(N2CC(=O)NC(CC)(CC)C2=O)CC1. The van der Waals surface area contributed by atoms with Gasteiger partial charge in [-0.2, -0.15) is 0 Å². The number of piperazine rings is 1. The summed E-state index contributed by atoms with van der Waals surface area (Å²) < 4.78 is 0. The van der Waals surface area contributed by atoms with Gasteiger partial charge in [-0.1, -0.05) is 33.6 Å². The van der Waals surface area contributed by atoms with Gasteiger partial charge in [-0.25, -0.2) is 0 Å². The Bertz CT molecular complexity index is 382. The number of hydrogen-bond donors (Lipinski definition) is 1. The van der Waals surface area contributed by atoms with Crippen LogP contribution < -0.4 is 5.32 Å². The first-order valence-corrected chi connectivity index (χ1v) is 8.68. The summed E-state index contributed by atoms with van der Waals surface area (Å²) in [5.74, 6) is 0.974. The fourth-order valence-electron chi connectivity index (χ4n) is 4.04. The second kappa shape index (κ2) is 6.80. The molecule has 0 atom stereocenters. The predicted molar refractivity (Wildman–Crippen MR) is 83.8 cm³/mol. The predicted octanol–water partition coefficient (Wildman–Crippen LogP) is 2.86. The van der Waals surface area contributed by atoms with Gasteiger partial charge in [0.05, 0.1) is 6.54 Å². The monoisotopic (exact) mass is 294 g/mol. The Labute approximate surface area is 128 Å². The molecule has 2 rings (SSSR count). The molecule has 1 saturated carbocycles. The van der Waals surface area contributed by atoms with E-state index in [-0.39, 0.29) is 24.4 Å². The smallest absolute Gasteiger partial charge is 0.249 e. The van der Waals surface area contributed by atoms with E-state index in [1.54, 1.807) is 0 Å². The quantitative estimate of drug-likeness (QED) is 0.847. The number of rotatable bonds is 5. The van der Waals surface area contributed by atoms with Crippen LogP contribution in [0.3, 0.4) is 0 Å². The molecule has 21 heavy (non-hydrogen) atoms. The van der Waals surface area contributed by atoms with Gasteiger partial charge in [0.1, 0.15) is 5.54 Å². The molecule has 4 heteroatoms. The summed E-state index contributed by atoms with van der Waals surface area (Å²) in [7, 11) is 0. The molecule has 1 saturated heterocycles. The fourth-order valence-corrected chi connectivity index (χ4v) is 4.04. The standard InChI is InChI=1S/C17H30N2O2/c1-4-7-13-8-10-14(11-9-13)19-12-15(20)18-17(5-2,6-3)16(19)21/h13-14H,4-12H2,1-3H3,(H,18,20). The van der Waals surface area contributed by atoms with Crippen molar-refractivity contribution in [2.45, 2.75) is 83.7 Å². The van der Waals surface area contributed by atoms with Crippen LogP contribution in [0.4, 0.5) is 0 Å². The van der Waals surface area contributed by atoms with E-state index >= 15 is 0 Å². The van der Waals surface area contributed by atoms with E-state index in [2.05, 4.69) is 12.2 Å². The minimum absolute atomic E-state index is 0.00832. The van der Waals surface area contributed by atoms with Crippen LogP contribution >= 0.6 is 0 Å². The zero-order valence-corrected chi connectivity index (χ0v) is 13.8. The van der Waals surface area contributed by atoms with Crippen molar-refractivity contribution in [2.24, 2.45) is 5.92 Å². The Kier molecular flexibility index (Phi) is 5.28. The third kappa shape index (κ3) is 3.24. The van der Waals surface area contributed by atoms with Crippen molar-refractivity contribution < 1.29 is 9.59 Å². The highest BCUT2D eigenvalue weighted by Crippen LogP contribution is 2.33. The number of nitrogens with zero attached hydrogens (tertiary/aromatic N) is 1. The largest absolute Gasteiger partial charge is 0.340 e. The van der Waals surface area contributed by atoms with Gasteiger partial charge in [0.15, 0.2) is 0 Å². The van der Waals surface area contributed by atoms with Gasteiger partial charge in [-0.3, -0.25) is 9.59 Å². The normalized spacial score (nSPS) is 29.4. The Morgan fingerprint density at radius 1 is 1.10 bits per heavy atom. The molecule has 1 aliphatic carbocycles. The molecule has 1 heterocycles. The van der Waals surface area contributed by atoms with Crippen LogP contribution in [0.15, 0.2) is 0 Å². The molecule has 0 unspecified atom stereocenters. The minimum atomic E-state index is -0.657. The van der Waals surface area contributed by atoms with Gasteiger partial charge in [-0.15, -0.1) is 0 Å². The second-order valence-electron chi connectivity index (χ2n) is 6.73. The summed E-state index contributed by atoms with van der Waals surface area (Å²) in [5, 5.41) is 2.95. The van der Waals surface area contributed by atoms with Crippen molar-refractivity contribution in [3.05, 3.63) is 0 Å². The maximum Gasteiger partial charge on any atom is 0.249 e. The molecule has 0 spiro atoms. The van der Waals surface area contributed by atoms with E-state index in [9.17, 15) is 9.59 Å². The van der Waals surface area contributed by atoms with Crippen molar-refractivity contribution in [1.82, 2.24) is 10.2 Å². The van der Waals surface area contributed by atoms with E-state index in [0.717, 1.165) is 18.8 Å². The number of carbonyl (C=O) groups is 2. The molecular formula is C17H30N2O2. The first-order chi connectivity index (χ1) is 10.1. The Balaban J connectivity index is 2.05. The van der Waals surface area contributed by atoms with Crippen LogP contribution in [-0.2, 0) is 9.59 Å². The molecule has 1 N–H and O–H groups in total. The lowest BCUT2D eigenvalue weighted by molar-refractivity contribution is -0.153. The summed E-state index contributed by atoms with van der Waals surface area (Å²) >= 11 is 0. The number of hydrogen-bond acceptors (Lipinski definition) is 2. The number of amides is 2. The second-order valence-corrected chi connectivity index (χ2v) is 6.73. The lowest BCUT2D eigenvalue weighted by atomic mass is 9.81. The van der Waals surface area contributed by atoms with Crippen LogP contribution in [-0.4, -0.2) is 34.8 Å². The van der Waals surface area contributed by atoms with E-state index < -0.39 is 5.54 Å². The summed E-state index contributed by atoms with van der Waals surface area (Å²) in [6.45, 7) is 6.47. The van der Waals surface area contributed by atoms with Crippen molar-refractivity contribution in [3.63, 3.8) is 0 Å². The molecular weight excluding hydrogens is 264 g/mol. The molecule has 0 radical (unpaired) electrons. The van der Waals surface area contributed by atoms with Crippen LogP contribution in [0.5, 0.6) is 0 Å². The Morgan fingerprint density at radius 2 is 1.71 bits per heavy atom. The third-order valence-electron chi connectivity index (χ3n) is 5.52. The van der Waals surface area contributed by atoms with Crippen molar-refractivity contribution in [3.8, 4) is 0 Å². The molecule has 2 amide bonds. The highest BCUT2D eigenvalue weighted by Gasteiger charge is 2.46. The van der Waals surface area contributed by atoms with E-state index in [0.29, 0.717) is 12.8 Å². The summed E-state index contributed by atoms with van der Waals surface area (Å²) in [6, 6.07) is 0.272. The molecule has 0 bridgehead atoms. The Hall–Kier alpha value is -1.06. The first kappa shape index (κ1) is 16.3. The number of carbonyl (C=O) groups excluding carboxylic acids is 2. The average molecular weight is 294 g/mol. The van der Waals surface area contributed by atoms with Gasteiger partial charge in [0.25, 0.3) is 0 Å². The lowest BCUT2D eigenvalue weighted by Gasteiger charge is -2.46. The fraction of sp³-hybridized carbons (Fsp3) is 0.882. The highest BCUT2D eigenvalue weighted by molar-refractivity contribution is 5.98. The van der Waals surface area contributed by atoms with Crippen LogP contribution in [0.25, 0.3) is 0 Å². The third-order valence-corrected chi connectivity index (χ3v) is 5.52. The molecule has 0 aromatic rings. The summed E-state index contributed by atoms with van der Waals surface area (Å²) in [4.78, 5) is 26.8. The van der Waals surface area contributed by atoms with Crippen molar-refractivity contribution in [1.29, 1.82) is 0 Å². The first-order valence-electron chi connectivity index (χ1n) is 8.68. The Morgan fingerprint density at radius 3 is 2.24 bits per heavy atom. The maximum atomic E-state index is 12.9. The maximum absolute atomic E-state index is 12.9. The van der Waals surface area contributed by atoms with Gasteiger partial charge < -0.3 is 10.2 Å². The summed E-state index contributed by atoms with van der Waals surface area (Å²) in [6.07, 6.45) is 8.43. The van der Waals surface area contributed by atoms with Gasteiger partial charge in [0, 0.05) is 6.04 Å². The molecule has 0 aromatic heterocycles. The van der Waals surface area contributed by atoms with Crippen LogP contribution in [0.1, 0.15) is 72.1 Å². The summed E-state index contributed by atoms with van der Waals surface area (Å²) in [5.41, 5.74) is -0.657. The zero-order valence-electron chi connectivity index (χ0n) is 13.8. The minimum Gasteiger partial charge on any atom is -0.340 e. The molecule has 0 aromatic carbocycles. The highest BCUT2D eigenvalue weighted by atomic mass is 16.2. The van der Waals surface area contributed by atoms with E-state index in [1.165, 1.54) is 25.7 Å². The van der Waals surface area contributed by atoms with Crippen LogP contribution in [0, 0.1) is 5.92 Å². The van der Waals surface area contributed by atoms with E-state index in [4.69, 9.17) is 0 Å². The lowest BCUT2D eigenvalue weighted by Crippen LogP contribution is -2.68. The topological polar surface area (TPSA) is 49.4 Å². The molecule has 1 aliphatic heterocycles. The van der Waals surface area contributed by atoms with Crippen molar-refractivity contribution >= 4 is 11.8 Å². The molecule has 120 valence electrons. The van der Waals surface area contributed by atoms with Gasteiger partial charge >= 0.3 is 0 Å². The molecule has 2 aliphatic rings. The van der Waals surface area contributed by atoms with E-state index in [1.807, 2.05) is 18.7 Å². The molecule has 2 fully saturated rings.